The Morgan fingerprint density at radius 2 is 1.86 bits per heavy atom. The van der Waals surface area contributed by atoms with Gasteiger partial charge in [-0.25, -0.2) is 13.4 Å². The van der Waals surface area contributed by atoms with Gasteiger partial charge in [0.05, 0.1) is 38.0 Å². The third kappa shape index (κ3) is 7.20. The number of sulfonamides is 1. The van der Waals surface area contributed by atoms with Gasteiger partial charge in [-0.3, -0.25) is 9.52 Å². The quantitative estimate of drug-likeness (QED) is 0.333. The van der Waals surface area contributed by atoms with Crippen molar-refractivity contribution in [1.29, 1.82) is 0 Å². The molecule has 0 bridgehead atoms. The van der Waals surface area contributed by atoms with E-state index in [-0.39, 0.29) is 34.9 Å². The summed E-state index contributed by atoms with van der Waals surface area (Å²) in [6.45, 7) is 1.94. The molecular weight excluding hydrogens is 494 g/mol. The van der Waals surface area contributed by atoms with E-state index in [1.54, 1.807) is 18.2 Å². The summed E-state index contributed by atoms with van der Waals surface area (Å²) in [6, 6.07) is 10.6. The maximum absolute atomic E-state index is 11.8. The highest BCUT2D eigenvalue weighted by Gasteiger charge is 2.14. The van der Waals surface area contributed by atoms with Crippen molar-refractivity contribution in [3.05, 3.63) is 58.7 Å². The number of nitrogens with zero attached hydrogens (tertiary/aromatic N) is 2. The molecule has 3 aromatic rings. The molecule has 0 unspecified atom stereocenters. The zero-order chi connectivity index (χ0) is 25.6. The smallest absolute Gasteiger partial charge is 0.305 e. The Kier molecular flexibility index (Phi) is 8.36. The average Bonchev–Trinajstić information content (AvgIpc) is 2.81. The van der Waals surface area contributed by atoms with Crippen molar-refractivity contribution in [3.8, 4) is 5.75 Å². The van der Waals surface area contributed by atoms with Crippen LogP contribution in [0, 0.1) is 6.92 Å². The molecule has 0 spiro atoms. The maximum Gasteiger partial charge on any atom is 0.305 e. The molecule has 0 amide bonds. The normalized spacial score (nSPS) is 11.0. The molecule has 3 rings (SSSR count). The Bertz CT molecular complexity index is 1330. The highest BCUT2D eigenvalue weighted by molar-refractivity contribution is 7.92. The molecule has 0 saturated carbocycles. The van der Waals surface area contributed by atoms with E-state index >= 15 is 0 Å². The number of aryl methyl sites for hydroxylation is 1. The molecule has 0 radical (unpaired) electrons. The lowest BCUT2D eigenvalue weighted by Crippen LogP contribution is -2.11. The fourth-order valence-corrected chi connectivity index (χ4v) is 3.94. The van der Waals surface area contributed by atoms with Gasteiger partial charge in [0.25, 0.3) is 0 Å². The molecule has 3 N–H and O–H groups in total. The second-order valence-corrected chi connectivity index (χ2v) is 9.75. The van der Waals surface area contributed by atoms with Crippen LogP contribution in [0.5, 0.6) is 5.75 Å². The molecule has 1 aromatic heterocycles. The lowest BCUT2D eigenvalue weighted by Gasteiger charge is -2.16. The molecule has 2 aromatic carbocycles. The van der Waals surface area contributed by atoms with Crippen molar-refractivity contribution in [2.24, 2.45) is 0 Å². The first-order chi connectivity index (χ1) is 16.6. The van der Waals surface area contributed by atoms with Gasteiger partial charge in [-0.05, 0) is 42.7 Å². The van der Waals surface area contributed by atoms with Crippen LogP contribution < -0.4 is 20.1 Å². The first-order valence-corrected chi connectivity index (χ1v) is 12.7. The molecule has 1 heterocycles. The van der Waals surface area contributed by atoms with E-state index in [0.717, 1.165) is 23.1 Å². The van der Waals surface area contributed by atoms with E-state index in [1.165, 1.54) is 20.4 Å². The van der Waals surface area contributed by atoms with Gasteiger partial charge in [-0.1, -0.05) is 23.7 Å². The topological polar surface area (TPSA) is 132 Å². The SMILES string of the molecule is COC(=O)CCc1cccc(Nc2ncc(Cl)c(Nc3ccc(OC)cc3NS(C)(=O)=O)n2)c1C. The highest BCUT2D eigenvalue weighted by atomic mass is 35.5. The van der Waals surface area contributed by atoms with Crippen LogP contribution in [0.15, 0.2) is 42.6 Å². The van der Waals surface area contributed by atoms with Crippen LogP contribution in [0.1, 0.15) is 17.5 Å². The minimum Gasteiger partial charge on any atom is -0.497 e. The number of carbonyl (C=O) groups excluding carboxylic acids is 1. The third-order valence-corrected chi connectivity index (χ3v) is 5.91. The number of ether oxygens (including phenoxy) is 2. The van der Waals surface area contributed by atoms with Crippen molar-refractivity contribution < 1.29 is 22.7 Å². The molecule has 10 nitrogen and oxygen atoms in total. The van der Waals surface area contributed by atoms with Crippen LogP contribution in [-0.2, 0) is 26.0 Å². The van der Waals surface area contributed by atoms with Gasteiger partial charge in [-0.2, -0.15) is 4.98 Å². The number of anilines is 5. The molecule has 0 aliphatic rings. The monoisotopic (exact) mass is 519 g/mol. The summed E-state index contributed by atoms with van der Waals surface area (Å²) in [5, 5.41) is 6.46. The number of hydrogen-bond acceptors (Lipinski definition) is 9. The number of nitrogens with one attached hydrogen (secondary N) is 3. The lowest BCUT2D eigenvalue weighted by molar-refractivity contribution is -0.140. The molecule has 0 aliphatic heterocycles. The number of halogens is 1. The fraction of sp³-hybridized carbons (Fsp3) is 0.261. The molecule has 0 atom stereocenters. The third-order valence-electron chi connectivity index (χ3n) is 5.04. The van der Waals surface area contributed by atoms with Crippen molar-refractivity contribution in [2.45, 2.75) is 19.8 Å². The predicted molar refractivity (Wildman–Crippen MR) is 137 cm³/mol. The van der Waals surface area contributed by atoms with Crippen molar-refractivity contribution in [1.82, 2.24) is 9.97 Å². The zero-order valence-electron chi connectivity index (χ0n) is 19.7. The number of rotatable bonds is 10. The van der Waals surface area contributed by atoms with E-state index < -0.39 is 10.0 Å². The largest absolute Gasteiger partial charge is 0.497 e. The Morgan fingerprint density at radius 3 is 2.54 bits per heavy atom. The summed E-state index contributed by atoms with van der Waals surface area (Å²) in [5.74, 6) is 0.741. The molecule has 35 heavy (non-hydrogen) atoms. The lowest BCUT2D eigenvalue weighted by atomic mass is 10.0. The Morgan fingerprint density at radius 1 is 1.09 bits per heavy atom. The minimum absolute atomic E-state index is 0.236. The van der Waals surface area contributed by atoms with Crippen molar-refractivity contribution in [3.63, 3.8) is 0 Å². The number of hydrogen-bond donors (Lipinski definition) is 3. The van der Waals surface area contributed by atoms with Crippen LogP contribution >= 0.6 is 11.6 Å². The Balaban J connectivity index is 1.86. The van der Waals surface area contributed by atoms with Crippen LogP contribution in [0.4, 0.5) is 28.8 Å². The summed E-state index contributed by atoms with van der Waals surface area (Å²) in [5.41, 5.74) is 3.39. The Labute approximate surface area is 209 Å². The van der Waals surface area contributed by atoms with E-state index in [0.29, 0.717) is 17.9 Å². The second-order valence-electron chi connectivity index (χ2n) is 7.59. The number of methoxy groups -OCH3 is 2. The van der Waals surface area contributed by atoms with Gasteiger partial charge in [0.2, 0.25) is 16.0 Å². The van der Waals surface area contributed by atoms with Crippen molar-refractivity contribution >= 4 is 56.4 Å². The summed E-state index contributed by atoms with van der Waals surface area (Å²) in [4.78, 5) is 20.2. The van der Waals surface area contributed by atoms with Crippen LogP contribution in [-0.4, -0.2) is 44.8 Å². The van der Waals surface area contributed by atoms with Crippen LogP contribution in [0.2, 0.25) is 5.02 Å². The molecule has 0 fully saturated rings. The van der Waals surface area contributed by atoms with E-state index in [1.807, 2.05) is 25.1 Å². The molecule has 186 valence electrons. The number of aromatic nitrogens is 2. The summed E-state index contributed by atoms with van der Waals surface area (Å²) >= 11 is 6.31. The number of benzene rings is 2. The number of esters is 1. The van der Waals surface area contributed by atoms with Gasteiger partial charge in [0.1, 0.15) is 10.8 Å². The zero-order valence-corrected chi connectivity index (χ0v) is 21.2. The first kappa shape index (κ1) is 26.0. The molecule has 12 heteroatoms. The van der Waals surface area contributed by atoms with Gasteiger partial charge < -0.3 is 20.1 Å². The fourth-order valence-electron chi connectivity index (χ4n) is 3.24. The standard InChI is InChI=1S/C23H26ClN5O5S/c1-14-15(8-11-21(30)34-3)6-5-7-18(14)27-23-25-13-17(24)22(28-23)26-19-10-9-16(33-2)12-20(19)29-35(4,31)32/h5-7,9-10,12-13,29H,8,11H2,1-4H3,(H2,25,26,27,28). The minimum atomic E-state index is -3.55. The predicted octanol–water partition coefficient (Wildman–Crippen LogP) is 4.41. The second kappa shape index (κ2) is 11.2. The van der Waals surface area contributed by atoms with Gasteiger partial charge >= 0.3 is 5.97 Å². The maximum atomic E-state index is 11.8. The van der Waals surface area contributed by atoms with E-state index in [9.17, 15) is 13.2 Å². The first-order valence-electron chi connectivity index (χ1n) is 10.5. The average molecular weight is 520 g/mol. The number of carbonyl (C=O) groups is 1. The molecular formula is C23H26ClN5O5S. The molecule has 0 aliphatic carbocycles. The summed E-state index contributed by atoms with van der Waals surface area (Å²) in [6.07, 6.45) is 3.30. The highest BCUT2D eigenvalue weighted by Crippen LogP contribution is 2.33. The van der Waals surface area contributed by atoms with E-state index in [4.69, 9.17) is 21.1 Å². The Hall–Kier alpha value is -3.57. The molecule has 0 saturated heterocycles. The van der Waals surface area contributed by atoms with Gasteiger partial charge in [0.15, 0.2) is 5.82 Å². The van der Waals surface area contributed by atoms with E-state index in [2.05, 4.69) is 25.3 Å². The van der Waals surface area contributed by atoms with Crippen LogP contribution in [0.25, 0.3) is 0 Å². The summed E-state index contributed by atoms with van der Waals surface area (Å²) < 4.78 is 36.0. The van der Waals surface area contributed by atoms with Gasteiger partial charge in [0, 0.05) is 18.2 Å². The van der Waals surface area contributed by atoms with Crippen LogP contribution in [0.3, 0.4) is 0 Å². The van der Waals surface area contributed by atoms with Gasteiger partial charge in [-0.15, -0.1) is 0 Å². The van der Waals surface area contributed by atoms with Crippen molar-refractivity contribution in [2.75, 3.05) is 35.8 Å². The summed E-state index contributed by atoms with van der Waals surface area (Å²) in [7, 11) is -0.701.